The van der Waals surface area contributed by atoms with E-state index >= 15 is 0 Å². The quantitative estimate of drug-likeness (QED) is 0.222. The van der Waals surface area contributed by atoms with Crippen molar-refractivity contribution in [3.05, 3.63) is 89.9 Å². The normalized spacial score (nSPS) is 11.8. The summed E-state index contributed by atoms with van der Waals surface area (Å²) in [5.41, 5.74) is 11.8. The fourth-order valence-electron chi connectivity index (χ4n) is 3.44. The number of aryl methyl sites for hydroxylation is 2. The molecule has 182 valence electrons. The number of nitrogens with zero attached hydrogens (tertiary/aromatic N) is 3. The number of aliphatic imine (C=N–C) groups is 1. The molecular formula is C28H32N4O3. The molecule has 35 heavy (non-hydrogen) atoms. The van der Waals surface area contributed by atoms with E-state index < -0.39 is 0 Å². The van der Waals surface area contributed by atoms with Gasteiger partial charge >= 0.3 is 0 Å². The third-order valence-corrected chi connectivity index (χ3v) is 5.49. The van der Waals surface area contributed by atoms with Crippen LogP contribution in [0.15, 0.2) is 72.5 Å². The summed E-state index contributed by atoms with van der Waals surface area (Å²) in [5.74, 6) is 2.43. The molecule has 3 aromatic rings. The van der Waals surface area contributed by atoms with E-state index in [2.05, 4.69) is 21.5 Å². The average molecular weight is 473 g/mol. The smallest absolute Gasteiger partial charge is 0.212 e. The molecule has 1 aromatic carbocycles. The summed E-state index contributed by atoms with van der Waals surface area (Å²) in [5, 5.41) is 0. The number of nitrogens with two attached hydrogens (primary N) is 1. The Kier molecular flexibility index (Phi) is 9.01. The van der Waals surface area contributed by atoms with E-state index in [1.807, 2.05) is 56.5 Å². The van der Waals surface area contributed by atoms with E-state index in [0.717, 1.165) is 33.6 Å². The van der Waals surface area contributed by atoms with E-state index in [9.17, 15) is 0 Å². The summed E-state index contributed by atoms with van der Waals surface area (Å²) in [6, 6.07) is 11.6. The third kappa shape index (κ3) is 6.93. The number of hydrogen-bond donors (Lipinski definition) is 1. The molecular weight excluding hydrogens is 440 g/mol. The molecule has 2 aromatic heterocycles. The molecule has 0 aliphatic rings. The number of allylic oxidation sites excluding steroid dienone is 3. The minimum Gasteiger partial charge on any atom is -0.493 e. The molecule has 0 saturated carbocycles. The Labute approximate surface area is 207 Å². The van der Waals surface area contributed by atoms with Gasteiger partial charge in [0.1, 0.15) is 6.61 Å². The van der Waals surface area contributed by atoms with Gasteiger partial charge in [-0.2, -0.15) is 0 Å². The first-order valence-electron chi connectivity index (χ1n) is 11.3. The van der Waals surface area contributed by atoms with E-state index in [0.29, 0.717) is 42.7 Å². The molecule has 2 heterocycles. The van der Waals surface area contributed by atoms with Crippen LogP contribution in [0, 0.1) is 6.92 Å². The minimum absolute atomic E-state index is 0.375. The molecule has 0 saturated heterocycles. The summed E-state index contributed by atoms with van der Waals surface area (Å²) < 4.78 is 16.6. The first-order chi connectivity index (χ1) is 17.0. The number of methoxy groups -OCH3 is 2. The first-order valence-corrected chi connectivity index (χ1v) is 11.3. The van der Waals surface area contributed by atoms with Crippen LogP contribution >= 0.6 is 0 Å². The molecule has 0 aliphatic carbocycles. The van der Waals surface area contributed by atoms with E-state index in [-0.39, 0.29) is 0 Å². The molecule has 0 unspecified atom stereocenters. The molecule has 0 amide bonds. The number of aromatic nitrogens is 2. The van der Waals surface area contributed by atoms with E-state index in [1.165, 1.54) is 0 Å². The van der Waals surface area contributed by atoms with Gasteiger partial charge in [-0.1, -0.05) is 24.8 Å². The average Bonchev–Trinajstić information content (AvgIpc) is 2.89. The number of benzene rings is 1. The lowest BCUT2D eigenvalue weighted by molar-refractivity contribution is 0.283. The van der Waals surface area contributed by atoms with Crippen molar-refractivity contribution in [3.63, 3.8) is 0 Å². The Bertz CT molecular complexity index is 1220. The highest BCUT2D eigenvalue weighted by Gasteiger charge is 2.09. The van der Waals surface area contributed by atoms with Crippen molar-refractivity contribution in [1.82, 2.24) is 9.97 Å². The maximum absolute atomic E-state index is 6.26. The molecule has 7 heteroatoms. The Morgan fingerprint density at radius 1 is 1.03 bits per heavy atom. The maximum Gasteiger partial charge on any atom is 0.212 e. The Hall–Kier alpha value is -4.13. The van der Waals surface area contributed by atoms with Crippen LogP contribution in [0.1, 0.15) is 35.7 Å². The van der Waals surface area contributed by atoms with E-state index in [4.69, 9.17) is 19.9 Å². The summed E-state index contributed by atoms with van der Waals surface area (Å²) >= 11 is 0. The van der Waals surface area contributed by atoms with Gasteiger partial charge in [0.05, 0.1) is 31.4 Å². The molecule has 0 spiro atoms. The van der Waals surface area contributed by atoms with Gasteiger partial charge in [-0.3, -0.25) is 4.98 Å². The molecule has 0 atom stereocenters. The SMILES string of the molecule is C=C/C(=C\C)c1cnc(C)c(N=C(N)CCc2ccc(OCc3ccc(OC)nc3)c(OC)c2)c1. The van der Waals surface area contributed by atoms with Crippen LogP contribution in [0.3, 0.4) is 0 Å². The van der Waals surface area contributed by atoms with Gasteiger partial charge in [0, 0.05) is 36.0 Å². The van der Waals surface area contributed by atoms with Crippen LogP contribution in [-0.4, -0.2) is 30.0 Å². The van der Waals surface area contributed by atoms with Gasteiger partial charge in [0.15, 0.2) is 11.5 Å². The zero-order chi connectivity index (χ0) is 25.2. The van der Waals surface area contributed by atoms with Crippen LogP contribution in [0.25, 0.3) is 5.57 Å². The van der Waals surface area contributed by atoms with Crippen molar-refractivity contribution in [2.75, 3.05) is 14.2 Å². The van der Waals surface area contributed by atoms with Crippen molar-refractivity contribution in [2.24, 2.45) is 10.7 Å². The van der Waals surface area contributed by atoms with Crippen LogP contribution in [0.2, 0.25) is 0 Å². The van der Waals surface area contributed by atoms with Gasteiger partial charge in [-0.25, -0.2) is 9.98 Å². The predicted molar refractivity (Wildman–Crippen MR) is 141 cm³/mol. The van der Waals surface area contributed by atoms with Crippen molar-refractivity contribution < 1.29 is 14.2 Å². The van der Waals surface area contributed by atoms with Gasteiger partial charge in [0.25, 0.3) is 0 Å². The second-order valence-electron chi connectivity index (χ2n) is 7.86. The third-order valence-electron chi connectivity index (χ3n) is 5.49. The number of ether oxygens (including phenoxy) is 3. The van der Waals surface area contributed by atoms with Gasteiger partial charge < -0.3 is 19.9 Å². The standard InChI is InChI=1S/C28H32N4O3/c1-6-22(7-2)23-15-24(19(3)30-17-23)32-27(29)12-9-20-8-11-25(26(14-20)33-4)35-18-21-10-13-28(34-5)31-16-21/h6-8,10-11,13-17H,1,9,12,18H2,2-5H3,(H2,29,32)/b22-7+. The number of amidine groups is 1. The zero-order valence-electron chi connectivity index (χ0n) is 20.7. The van der Waals surface area contributed by atoms with Gasteiger partial charge in [-0.15, -0.1) is 0 Å². The fourth-order valence-corrected chi connectivity index (χ4v) is 3.44. The van der Waals surface area contributed by atoms with E-state index in [1.54, 1.807) is 32.6 Å². The number of pyridine rings is 2. The fraction of sp³-hybridized carbons (Fsp3) is 0.250. The highest BCUT2D eigenvalue weighted by molar-refractivity contribution is 5.84. The van der Waals surface area contributed by atoms with Gasteiger partial charge in [-0.05, 0) is 55.7 Å². The van der Waals surface area contributed by atoms with Gasteiger partial charge in [0.2, 0.25) is 5.88 Å². The molecule has 0 radical (unpaired) electrons. The lowest BCUT2D eigenvalue weighted by atomic mass is 10.1. The summed E-state index contributed by atoms with van der Waals surface area (Å²) in [4.78, 5) is 13.3. The second kappa shape index (κ2) is 12.4. The minimum atomic E-state index is 0.375. The predicted octanol–water partition coefficient (Wildman–Crippen LogP) is 5.59. The monoisotopic (exact) mass is 472 g/mol. The molecule has 0 aliphatic heterocycles. The number of rotatable bonds is 11. The summed E-state index contributed by atoms with van der Waals surface area (Å²) in [6.07, 6.45) is 8.66. The lowest BCUT2D eigenvalue weighted by Crippen LogP contribution is -2.12. The number of hydrogen-bond acceptors (Lipinski definition) is 6. The summed E-state index contributed by atoms with van der Waals surface area (Å²) in [7, 11) is 3.21. The van der Waals surface area contributed by atoms with Crippen LogP contribution in [0.4, 0.5) is 5.69 Å². The Morgan fingerprint density at radius 3 is 2.49 bits per heavy atom. The molecule has 0 fully saturated rings. The molecule has 3 rings (SSSR count). The highest BCUT2D eigenvalue weighted by Crippen LogP contribution is 2.29. The topological polar surface area (TPSA) is 91.9 Å². The zero-order valence-corrected chi connectivity index (χ0v) is 20.7. The largest absolute Gasteiger partial charge is 0.493 e. The Morgan fingerprint density at radius 2 is 1.83 bits per heavy atom. The molecule has 7 nitrogen and oxygen atoms in total. The first kappa shape index (κ1) is 25.5. The van der Waals surface area contributed by atoms with Crippen LogP contribution in [-0.2, 0) is 13.0 Å². The van der Waals surface area contributed by atoms with Crippen LogP contribution < -0.4 is 19.9 Å². The van der Waals surface area contributed by atoms with Crippen molar-refractivity contribution in [2.45, 2.75) is 33.3 Å². The molecule has 0 bridgehead atoms. The lowest BCUT2D eigenvalue weighted by Gasteiger charge is -2.12. The molecule has 2 N–H and O–H groups in total. The van der Waals surface area contributed by atoms with Crippen LogP contribution in [0.5, 0.6) is 17.4 Å². The van der Waals surface area contributed by atoms with Crippen molar-refractivity contribution in [3.8, 4) is 17.4 Å². The van der Waals surface area contributed by atoms with Crippen molar-refractivity contribution >= 4 is 17.1 Å². The maximum atomic E-state index is 6.26. The Balaban J connectivity index is 1.65. The summed E-state index contributed by atoms with van der Waals surface area (Å²) in [6.45, 7) is 8.12. The highest BCUT2D eigenvalue weighted by atomic mass is 16.5. The second-order valence-corrected chi connectivity index (χ2v) is 7.86. The van der Waals surface area contributed by atoms with Crippen molar-refractivity contribution in [1.29, 1.82) is 0 Å².